The number of fused-ring (bicyclic) bond motifs is 1. The first-order valence-electron chi connectivity index (χ1n) is 10.00. The smallest absolute Gasteiger partial charge is 0.311 e. The Morgan fingerprint density at radius 1 is 1.20 bits per heavy atom. The second-order valence-electron chi connectivity index (χ2n) is 7.52. The molecule has 1 aliphatic rings. The molecule has 7 heteroatoms. The molecule has 4 rings (SSSR count). The maximum Gasteiger partial charge on any atom is 0.311 e. The minimum absolute atomic E-state index is 0.0877. The summed E-state index contributed by atoms with van der Waals surface area (Å²) < 4.78 is 6.86. The van der Waals surface area contributed by atoms with Crippen molar-refractivity contribution < 1.29 is 14.3 Å². The molecule has 1 atom stereocenters. The summed E-state index contributed by atoms with van der Waals surface area (Å²) in [6.45, 7) is 4.12. The minimum Gasteiger partial charge on any atom is -0.459 e. The van der Waals surface area contributed by atoms with Gasteiger partial charge in [0.15, 0.2) is 0 Å². The quantitative estimate of drug-likeness (QED) is 0.610. The van der Waals surface area contributed by atoms with E-state index in [1.165, 1.54) is 10.5 Å². The van der Waals surface area contributed by atoms with Crippen LogP contribution in [0.3, 0.4) is 0 Å². The number of amides is 1. The molecular formula is C23H23N3O4. The van der Waals surface area contributed by atoms with E-state index in [0.29, 0.717) is 17.9 Å². The number of anilines is 1. The minimum atomic E-state index is -0.536. The molecule has 0 N–H and O–H groups in total. The normalized spacial score (nSPS) is 16.3. The van der Waals surface area contributed by atoms with Crippen molar-refractivity contribution in [2.45, 2.75) is 33.3 Å². The molecular weight excluding hydrogens is 382 g/mol. The van der Waals surface area contributed by atoms with Gasteiger partial charge in [0, 0.05) is 30.9 Å². The Balaban J connectivity index is 1.45. The first-order chi connectivity index (χ1) is 14.5. The van der Waals surface area contributed by atoms with Crippen LogP contribution in [0.25, 0.3) is 5.65 Å². The van der Waals surface area contributed by atoms with Gasteiger partial charge in [-0.3, -0.25) is 18.8 Å². The summed E-state index contributed by atoms with van der Waals surface area (Å²) in [6, 6.07) is 12.7. The van der Waals surface area contributed by atoms with E-state index >= 15 is 0 Å². The third-order valence-electron chi connectivity index (χ3n) is 5.34. The Kier molecular flexibility index (Phi) is 5.35. The van der Waals surface area contributed by atoms with Crippen molar-refractivity contribution in [1.29, 1.82) is 0 Å². The number of benzene rings is 1. The number of esters is 1. The first kappa shape index (κ1) is 19.8. The molecule has 30 heavy (non-hydrogen) atoms. The highest BCUT2D eigenvalue weighted by Gasteiger charge is 2.36. The number of hydrogen-bond acceptors (Lipinski definition) is 5. The van der Waals surface area contributed by atoms with Crippen LogP contribution in [-0.4, -0.2) is 27.8 Å². The maximum absolute atomic E-state index is 12.6. The van der Waals surface area contributed by atoms with Crippen LogP contribution in [0.5, 0.6) is 0 Å². The Morgan fingerprint density at radius 3 is 2.80 bits per heavy atom. The van der Waals surface area contributed by atoms with Crippen molar-refractivity contribution in [3.8, 4) is 0 Å². The summed E-state index contributed by atoms with van der Waals surface area (Å²) in [6.07, 6.45) is 2.63. The lowest BCUT2D eigenvalue weighted by atomic mass is 10.1. The zero-order valence-corrected chi connectivity index (χ0v) is 17.0. The summed E-state index contributed by atoms with van der Waals surface area (Å²) >= 11 is 0. The number of hydrogen-bond donors (Lipinski definition) is 0. The summed E-state index contributed by atoms with van der Waals surface area (Å²) in [5.41, 5.74) is 3.52. The lowest BCUT2D eigenvalue weighted by Gasteiger charge is -2.19. The average Bonchev–Trinajstić information content (AvgIpc) is 3.14. The van der Waals surface area contributed by atoms with E-state index < -0.39 is 11.9 Å². The summed E-state index contributed by atoms with van der Waals surface area (Å²) in [5.74, 6) is -1.08. The number of ether oxygens (including phenoxy) is 1. The van der Waals surface area contributed by atoms with E-state index in [1.54, 1.807) is 17.2 Å². The van der Waals surface area contributed by atoms with Gasteiger partial charge in [-0.2, -0.15) is 0 Å². The second kappa shape index (κ2) is 8.10. The molecule has 154 valence electrons. The fourth-order valence-corrected chi connectivity index (χ4v) is 3.77. The highest BCUT2D eigenvalue weighted by atomic mass is 16.5. The fourth-order valence-electron chi connectivity index (χ4n) is 3.77. The largest absolute Gasteiger partial charge is 0.459 e. The van der Waals surface area contributed by atoms with Gasteiger partial charge in [-0.15, -0.1) is 0 Å². The average molecular weight is 405 g/mol. The Morgan fingerprint density at radius 2 is 2.00 bits per heavy atom. The maximum atomic E-state index is 12.6. The highest BCUT2D eigenvalue weighted by molar-refractivity contribution is 6.00. The number of rotatable bonds is 5. The zero-order valence-electron chi connectivity index (χ0n) is 17.0. The molecule has 3 heterocycles. The molecule has 0 radical (unpaired) electrons. The highest BCUT2D eigenvalue weighted by Crippen LogP contribution is 2.29. The van der Waals surface area contributed by atoms with Crippen molar-refractivity contribution in [1.82, 2.24) is 9.38 Å². The molecule has 0 saturated carbocycles. The third-order valence-corrected chi connectivity index (χ3v) is 5.34. The fraction of sp³-hybridized carbons (Fsp3) is 0.304. The van der Waals surface area contributed by atoms with Gasteiger partial charge in [0.25, 0.3) is 5.56 Å². The molecule has 1 aromatic carbocycles. The van der Waals surface area contributed by atoms with Gasteiger partial charge in [-0.05, 0) is 36.6 Å². The Bertz CT molecular complexity index is 1180. The van der Waals surface area contributed by atoms with Crippen LogP contribution in [0.2, 0.25) is 0 Å². The number of aryl methyl sites for hydroxylation is 2. The van der Waals surface area contributed by atoms with Crippen LogP contribution in [-0.2, 0) is 27.4 Å². The Labute approximate surface area is 173 Å². The topological polar surface area (TPSA) is 81.0 Å². The van der Waals surface area contributed by atoms with E-state index in [2.05, 4.69) is 4.98 Å². The second-order valence-corrected chi connectivity index (χ2v) is 7.52. The standard InChI is InChI=1S/C23H23N3O4/c1-3-16-6-4-5-7-19(16)25-13-17(10-21(25)27)23(29)30-14-18-11-22(28)26-12-15(2)8-9-20(26)24-18/h4-9,11-12,17H,3,10,13-14H2,1-2H3/t17-/m0/s1. The van der Waals surface area contributed by atoms with Gasteiger partial charge in [0.1, 0.15) is 12.3 Å². The predicted molar refractivity (Wildman–Crippen MR) is 112 cm³/mol. The van der Waals surface area contributed by atoms with Crippen LogP contribution >= 0.6 is 0 Å². The van der Waals surface area contributed by atoms with Crippen molar-refractivity contribution in [3.05, 3.63) is 75.8 Å². The first-order valence-corrected chi connectivity index (χ1v) is 10.00. The van der Waals surface area contributed by atoms with Gasteiger partial charge in [-0.1, -0.05) is 31.2 Å². The van der Waals surface area contributed by atoms with E-state index in [0.717, 1.165) is 23.2 Å². The molecule has 3 aromatic rings. The molecule has 0 spiro atoms. The van der Waals surface area contributed by atoms with Gasteiger partial charge < -0.3 is 9.64 Å². The van der Waals surface area contributed by atoms with Crippen LogP contribution in [0.4, 0.5) is 5.69 Å². The van der Waals surface area contributed by atoms with E-state index in [4.69, 9.17) is 4.74 Å². The van der Waals surface area contributed by atoms with Gasteiger partial charge in [-0.25, -0.2) is 4.98 Å². The lowest BCUT2D eigenvalue weighted by Crippen LogP contribution is -2.27. The SMILES string of the molecule is CCc1ccccc1N1C[C@@H](C(=O)OCc2cc(=O)n3cc(C)ccc3n2)CC1=O. The van der Waals surface area contributed by atoms with Crippen LogP contribution in [0.1, 0.15) is 30.2 Å². The number of carbonyl (C=O) groups is 2. The number of carbonyl (C=O) groups excluding carboxylic acids is 2. The number of aromatic nitrogens is 2. The van der Waals surface area contributed by atoms with Crippen LogP contribution in [0.15, 0.2) is 53.5 Å². The van der Waals surface area contributed by atoms with Crippen molar-refractivity contribution in [2.24, 2.45) is 5.92 Å². The van der Waals surface area contributed by atoms with Gasteiger partial charge in [0.05, 0.1) is 11.6 Å². The molecule has 0 unspecified atom stereocenters. The monoisotopic (exact) mass is 405 g/mol. The number of pyridine rings is 1. The molecule has 2 aromatic heterocycles. The third kappa shape index (κ3) is 3.83. The van der Waals surface area contributed by atoms with Crippen LogP contribution < -0.4 is 10.5 Å². The van der Waals surface area contributed by atoms with Crippen molar-refractivity contribution in [2.75, 3.05) is 11.4 Å². The summed E-state index contributed by atoms with van der Waals surface area (Å²) in [5, 5.41) is 0. The summed E-state index contributed by atoms with van der Waals surface area (Å²) in [4.78, 5) is 43.4. The van der Waals surface area contributed by atoms with Crippen molar-refractivity contribution in [3.63, 3.8) is 0 Å². The summed E-state index contributed by atoms with van der Waals surface area (Å²) in [7, 11) is 0. The molecule has 1 aliphatic heterocycles. The molecule has 1 saturated heterocycles. The molecule has 7 nitrogen and oxygen atoms in total. The van der Waals surface area contributed by atoms with E-state index in [1.807, 2.05) is 44.2 Å². The van der Waals surface area contributed by atoms with E-state index in [-0.39, 0.29) is 24.5 Å². The predicted octanol–water partition coefficient (Wildman–Crippen LogP) is 2.66. The lowest BCUT2D eigenvalue weighted by molar-refractivity contribution is -0.149. The molecule has 1 fully saturated rings. The zero-order chi connectivity index (χ0) is 21.3. The van der Waals surface area contributed by atoms with Gasteiger partial charge in [0.2, 0.25) is 5.91 Å². The van der Waals surface area contributed by atoms with Crippen molar-refractivity contribution >= 4 is 23.2 Å². The van der Waals surface area contributed by atoms with E-state index in [9.17, 15) is 14.4 Å². The number of nitrogens with zero attached hydrogens (tertiary/aromatic N) is 3. The van der Waals surface area contributed by atoms with Gasteiger partial charge >= 0.3 is 5.97 Å². The molecule has 1 amide bonds. The molecule has 0 bridgehead atoms. The molecule has 0 aliphatic carbocycles. The Hall–Kier alpha value is -3.48. The van der Waals surface area contributed by atoms with Crippen LogP contribution in [0, 0.1) is 12.8 Å². The number of para-hydroxylation sites is 1.